The van der Waals surface area contributed by atoms with Crippen LogP contribution in [0.5, 0.6) is 5.75 Å². The van der Waals surface area contributed by atoms with Crippen molar-refractivity contribution in [3.63, 3.8) is 0 Å². The molecule has 0 spiro atoms. The Labute approximate surface area is 159 Å². The zero-order valence-electron chi connectivity index (χ0n) is 16.8. The van der Waals surface area contributed by atoms with Crippen LogP contribution in [0.4, 0.5) is 4.79 Å². The second-order valence-corrected chi connectivity index (χ2v) is 7.26. The number of aromatic nitrogens is 1. The molecule has 0 aliphatic heterocycles. The molecule has 0 aliphatic carbocycles. The van der Waals surface area contributed by atoms with Crippen molar-refractivity contribution >= 4 is 23.0 Å². The monoisotopic (exact) mass is 376 g/mol. The fourth-order valence-electron chi connectivity index (χ4n) is 2.69. The van der Waals surface area contributed by atoms with Gasteiger partial charge in [0.05, 0.1) is 19.3 Å². The number of rotatable bonds is 6. The summed E-state index contributed by atoms with van der Waals surface area (Å²) < 4.78 is 15.9. The van der Waals surface area contributed by atoms with Crippen molar-refractivity contribution in [1.82, 2.24) is 9.88 Å². The van der Waals surface area contributed by atoms with Crippen LogP contribution in [0.25, 0.3) is 10.9 Å². The van der Waals surface area contributed by atoms with Gasteiger partial charge in [-0.05, 0) is 45.9 Å². The highest BCUT2D eigenvalue weighted by Gasteiger charge is 2.23. The predicted molar refractivity (Wildman–Crippen MR) is 103 cm³/mol. The molecule has 0 fully saturated rings. The molecule has 0 saturated carbocycles. The maximum atomic E-state index is 12.5. The number of H-pyrrole nitrogens is 1. The van der Waals surface area contributed by atoms with E-state index in [1.165, 1.54) is 4.90 Å². The highest BCUT2D eigenvalue weighted by Crippen LogP contribution is 2.28. The van der Waals surface area contributed by atoms with Gasteiger partial charge in [-0.3, -0.25) is 0 Å². The smallest absolute Gasteiger partial charge is 0.410 e. The minimum Gasteiger partial charge on any atom is -0.497 e. The van der Waals surface area contributed by atoms with Gasteiger partial charge >= 0.3 is 12.1 Å². The summed E-state index contributed by atoms with van der Waals surface area (Å²) in [6.45, 7) is 7.91. The lowest BCUT2D eigenvalue weighted by atomic mass is 10.1. The average Bonchev–Trinajstić information content (AvgIpc) is 2.95. The summed E-state index contributed by atoms with van der Waals surface area (Å²) in [5.41, 5.74) is 1.45. The largest absolute Gasteiger partial charge is 0.497 e. The van der Waals surface area contributed by atoms with Gasteiger partial charge in [0, 0.05) is 36.6 Å². The van der Waals surface area contributed by atoms with E-state index in [-0.39, 0.29) is 6.61 Å². The molecule has 2 rings (SSSR count). The number of ether oxygens (including phenoxy) is 3. The van der Waals surface area contributed by atoms with E-state index in [4.69, 9.17) is 14.2 Å². The number of amides is 1. The summed E-state index contributed by atoms with van der Waals surface area (Å²) >= 11 is 0. The number of esters is 1. The molecule has 1 amide bonds. The van der Waals surface area contributed by atoms with Crippen LogP contribution in [-0.2, 0) is 15.9 Å². The van der Waals surface area contributed by atoms with E-state index in [9.17, 15) is 9.59 Å². The Morgan fingerprint density at radius 3 is 2.52 bits per heavy atom. The van der Waals surface area contributed by atoms with Crippen molar-refractivity contribution in [2.75, 3.05) is 27.3 Å². The molecule has 0 unspecified atom stereocenters. The molecular formula is C20H28N2O5. The number of nitrogens with one attached hydrogen (secondary N) is 1. The average molecular weight is 376 g/mol. The summed E-state index contributed by atoms with van der Waals surface area (Å²) in [5, 5.41) is 0.739. The van der Waals surface area contributed by atoms with Gasteiger partial charge < -0.3 is 24.1 Å². The Kier molecular flexibility index (Phi) is 6.36. The number of hydrogen-bond acceptors (Lipinski definition) is 5. The number of hydrogen-bond donors (Lipinski definition) is 1. The third-order valence-corrected chi connectivity index (χ3v) is 3.97. The first kappa shape index (κ1) is 20.6. The molecule has 0 saturated heterocycles. The van der Waals surface area contributed by atoms with Crippen LogP contribution in [-0.4, -0.2) is 54.9 Å². The molecule has 148 valence electrons. The van der Waals surface area contributed by atoms with Crippen molar-refractivity contribution in [3.8, 4) is 5.75 Å². The van der Waals surface area contributed by atoms with Crippen molar-refractivity contribution in [1.29, 1.82) is 0 Å². The number of benzene rings is 1. The molecule has 1 N–H and O–H groups in total. The van der Waals surface area contributed by atoms with E-state index < -0.39 is 17.7 Å². The topological polar surface area (TPSA) is 80.9 Å². The number of methoxy groups -OCH3 is 1. The van der Waals surface area contributed by atoms with Gasteiger partial charge in [0.1, 0.15) is 11.4 Å². The highest BCUT2D eigenvalue weighted by atomic mass is 16.6. The molecule has 27 heavy (non-hydrogen) atoms. The minimum absolute atomic E-state index is 0.284. The molecule has 0 atom stereocenters. The fourth-order valence-corrected chi connectivity index (χ4v) is 2.69. The van der Waals surface area contributed by atoms with E-state index in [0.717, 1.165) is 10.9 Å². The maximum Gasteiger partial charge on any atom is 0.410 e. The van der Waals surface area contributed by atoms with E-state index >= 15 is 0 Å². The summed E-state index contributed by atoms with van der Waals surface area (Å²) in [7, 11) is 3.25. The third-order valence-electron chi connectivity index (χ3n) is 3.97. The molecule has 0 bridgehead atoms. The molecule has 0 aliphatic rings. The quantitative estimate of drug-likeness (QED) is 0.777. The van der Waals surface area contributed by atoms with Gasteiger partial charge in [-0.2, -0.15) is 0 Å². The fraction of sp³-hybridized carbons (Fsp3) is 0.500. The number of aromatic amines is 1. The standard InChI is InChI=1S/C20H28N2O5/c1-7-26-18(23)17-14-12-13(25-6)8-9-15(14)21-16(17)10-11-22(5)19(24)27-20(2,3)4/h8-9,12,21H,7,10-11H2,1-6H3. The number of fused-ring (bicyclic) bond motifs is 1. The van der Waals surface area contributed by atoms with Crippen LogP contribution in [0.2, 0.25) is 0 Å². The Balaban J connectivity index is 2.27. The van der Waals surface area contributed by atoms with Crippen molar-refractivity contribution in [2.45, 2.75) is 39.7 Å². The third kappa shape index (κ3) is 5.15. The molecule has 7 heteroatoms. The molecule has 2 aromatic rings. The van der Waals surface area contributed by atoms with Crippen molar-refractivity contribution in [3.05, 3.63) is 29.5 Å². The summed E-state index contributed by atoms with van der Waals surface area (Å²) in [6, 6.07) is 5.49. The van der Waals surface area contributed by atoms with E-state index in [2.05, 4.69) is 4.98 Å². The van der Waals surface area contributed by atoms with Gasteiger partial charge in [0.2, 0.25) is 0 Å². The van der Waals surface area contributed by atoms with Crippen LogP contribution < -0.4 is 4.74 Å². The van der Waals surface area contributed by atoms with E-state index in [1.54, 1.807) is 27.1 Å². The molecule has 1 heterocycles. The normalized spacial score (nSPS) is 11.3. The second-order valence-electron chi connectivity index (χ2n) is 7.26. The second kappa shape index (κ2) is 8.33. The Morgan fingerprint density at radius 2 is 1.93 bits per heavy atom. The zero-order valence-corrected chi connectivity index (χ0v) is 16.8. The number of carbonyl (C=O) groups is 2. The molecular weight excluding hydrogens is 348 g/mol. The van der Waals surface area contributed by atoms with Gasteiger partial charge in [-0.15, -0.1) is 0 Å². The lowest BCUT2D eigenvalue weighted by Gasteiger charge is -2.24. The Bertz CT molecular complexity index is 820. The molecule has 7 nitrogen and oxygen atoms in total. The highest BCUT2D eigenvalue weighted by molar-refractivity contribution is 6.06. The van der Waals surface area contributed by atoms with Gasteiger partial charge in [0.15, 0.2) is 0 Å². The Hall–Kier alpha value is -2.70. The first-order valence-electron chi connectivity index (χ1n) is 8.96. The molecule has 1 aromatic carbocycles. The van der Waals surface area contributed by atoms with Crippen LogP contribution in [0.3, 0.4) is 0 Å². The predicted octanol–water partition coefficient (Wildman–Crippen LogP) is 3.76. The Morgan fingerprint density at radius 1 is 1.22 bits per heavy atom. The lowest BCUT2D eigenvalue weighted by Crippen LogP contribution is -2.35. The molecule has 0 radical (unpaired) electrons. The zero-order chi connectivity index (χ0) is 20.2. The SMILES string of the molecule is CCOC(=O)c1c(CCN(C)C(=O)OC(C)(C)C)[nH]c2ccc(OC)cc12. The number of nitrogens with zero attached hydrogens (tertiary/aromatic N) is 1. The maximum absolute atomic E-state index is 12.5. The summed E-state index contributed by atoms with van der Waals surface area (Å²) in [6.07, 6.45) is 0.0546. The summed E-state index contributed by atoms with van der Waals surface area (Å²) in [5.74, 6) is 0.261. The van der Waals surface area contributed by atoms with Crippen LogP contribution >= 0.6 is 0 Å². The van der Waals surface area contributed by atoms with Crippen molar-refractivity contribution in [2.24, 2.45) is 0 Å². The minimum atomic E-state index is -0.556. The first-order valence-corrected chi connectivity index (χ1v) is 8.96. The van der Waals surface area contributed by atoms with Crippen LogP contribution in [0, 0.1) is 0 Å². The van der Waals surface area contributed by atoms with Crippen LogP contribution in [0.1, 0.15) is 43.7 Å². The molecule has 1 aromatic heterocycles. The van der Waals surface area contributed by atoms with Gasteiger partial charge in [-0.25, -0.2) is 9.59 Å². The van der Waals surface area contributed by atoms with E-state index in [1.807, 2.05) is 32.9 Å². The summed E-state index contributed by atoms with van der Waals surface area (Å²) in [4.78, 5) is 29.4. The number of likely N-dealkylation sites (N-methyl/N-ethyl adjacent to an activating group) is 1. The van der Waals surface area contributed by atoms with Gasteiger partial charge in [0.25, 0.3) is 0 Å². The first-order chi connectivity index (χ1) is 12.7. The lowest BCUT2D eigenvalue weighted by molar-refractivity contribution is 0.0300. The van der Waals surface area contributed by atoms with Crippen molar-refractivity contribution < 1.29 is 23.8 Å². The van der Waals surface area contributed by atoms with Crippen LogP contribution in [0.15, 0.2) is 18.2 Å². The van der Waals surface area contributed by atoms with Gasteiger partial charge in [-0.1, -0.05) is 0 Å². The number of carbonyl (C=O) groups excluding carboxylic acids is 2. The van der Waals surface area contributed by atoms with E-state index in [0.29, 0.717) is 30.0 Å².